The predicted octanol–water partition coefficient (Wildman–Crippen LogP) is 2.56. The highest BCUT2D eigenvalue weighted by Crippen LogP contribution is 2.40. The fourth-order valence-electron chi connectivity index (χ4n) is 3.72. The van der Waals surface area contributed by atoms with Gasteiger partial charge in [-0.2, -0.15) is 0 Å². The van der Waals surface area contributed by atoms with Crippen LogP contribution in [-0.4, -0.2) is 46.7 Å². The number of nitrogens with two attached hydrogens (primary N) is 1. The van der Waals surface area contributed by atoms with Crippen molar-refractivity contribution in [2.45, 2.75) is 50.8 Å². The van der Waals surface area contributed by atoms with E-state index in [0.29, 0.717) is 35.7 Å². The zero-order valence-corrected chi connectivity index (χ0v) is 16.0. The van der Waals surface area contributed by atoms with Gasteiger partial charge >= 0.3 is 6.09 Å². The molecule has 1 fully saturated rings. The molecule has 0 aliphatic carbocycles. The number of halogens is 1. The van der Waals surface area contributed by atoms with Crippen molar-refractivity contribution in [3.8, 4) is 0 Å². The van der Waals surface area contributed by atoms with Crippen molar-refractivity contribution in [3.05, 3.63) is 28.8 Å². The summed E-state index contributed by atoms with van der Waals surface area (Å²) in [6.45, 7) is 4.19. The van der Waals surface area contributed by atoms with Crippen LogP contribution < -0.4 is 11.1 Å². The van der Waals surface area contributed by atoms with Crippen LogP contribution in [0.5, 0.6) is 0 Å². The van der Waals surface area contributed by atoms with E-state index in [0.717, 1.165) is 0 Å². The van der Waals surface area contributed by atoms with Gasteiger partial charge in [-0.3, -0.25) is 15.0 Å². The van der Waals surface area contributed by atoms with Crippen LogP contribution in [0.25, 0.3) is 0 Å². The van der Waals surface area contributed by atoms with Gasteiger partial charge < -0.3 is 15.6 Å². The number of carbonyl (C=O) groups is 2. The Labute approximate surface area is 162 Å². The average molecular weight is 395 g/mol. The Bertz CT molecular complexity index is 800. The lowest BCUT2D eigenvalue weighted by atomic mass is 9.86. The van der Waals surface area contributed by atoms with Crippen LogP contribution in [0, 0.1) is 0 Å². The lowest BCUT2D eigenvalue weighted by molar-refractivity contribution is -0.133. The van der Waals surface area contributed by atoms with Crippen molar-refractivity contribution >= 4 is 35.2 Å². The molecular weight excluding hydrogens is 372 g/mol. The van der Waals surface area contributed by atoms with Crippen molar-refractivity contribution in [1.29, 1.82) is 0 Å². The number of carboxylic acid groups (broad SMARTS) is 1. The molecule has 1 aromatic rings. The van der Waals surface area contributed by atoms with Gasteiger partial charge in [0, 0.05) is 18.2 Å². The largest absolute Gasteiger partial charge is 0.465 e. The lowest BCUT2D eigenvalue weighted by Gasteiger charge is -2.42. The van der Waals surface area contributed by atoms with Gasteiger partial charge in [-0.1, -0.05) is 23.7 Å². The highest BCUT2D eigenvalue weighted by atomic mass is 35.5. The number of anilines is 1. The van der Waals surface area contributed by atoms with Gasteiger partial charge in [0.05, 0.1) is 28.8 Å². The van der Waals surface area contributed by atoms with Gasteiger partial charge in [-0.25, -0.2) is 9.79 Å². The molecule has 2 aliphatic heterocycles. The predicted molar refractivity (Wildman–Crippen MR) is 102 cm³/mol. The maximum absolute atomic E-state index is 13.1. The first-order valence-corrected chi connectivity index (χ1v) is 9.17. The normalized spacial score (nSPS) is 28.6. The fourth-order valence-corrected chi connectivity index (χ4v) is 4.04. The van der Waals surface area contributed by atoms with E-state index in [-0.39, 0.29) is 30.4 Å². The molecular formula is C18H23ClN4O4. The van der Waals surface area contributed by atoms with E-state index in [4.69, 9.17) is 22.1 Å². The number of aliphatic imine (C=N–C) groups is 1. The lowest BCUT2D eigenvalue weighted by Crippen LogP contribution is -2.58. The number of hydrogen-bond acceptors (Lipinski definition) is 5. The monoisotopic (exact) mass is 394 g/mol. The Morgan fingerprint density at radius 2 is 2.26 bits per heavy atom. The van der Waals surface area contributed by atoms with E-state index in [1.165, 1.54) is 4.90 Å². The molecule has 8 nitrogen and oxygen atoms in total. The van der Waals surface area contributed by atoms with E-state index >= 15 is 0 Å². The van der Waals surface area contributed by atoms with E-state index < -0.39 is 11.6 Å². The number of rotatable bonds is 2. The molecule has 1 unspecified atom stereocenters. The van der Waals surface area contributed by atoms with Crippen molar-refractivity contribution in [3.63, 3.8) is 0 Å². The minimum absolute atomic E-state index is 0.0128. The Morgan fingerprint density at radius 3 is 2.93 bits per heavy atom. The molecule has 146 valence electrons. The Balaban J connectivity index is 2.04. The second-order valence-electron chi connectivity index (χ2n) is 7.15. The first-order chi connectivity index (χ1) is 12.7. The smallest absolute Gasteiger partial charge is 0.411 e. The molecule has 1 aromatic carbocycles. The van der Waals surface area contributed by atoms with Gasteiger partial charge in [0.15, 0.2) is 0 Å². The van der Waals surface area contributed by atoms with Gasteiger partial charge in [0.25, 0.3) is 0 Å². The number of hydrogen-bond donors (Lipinski definition) is 3. The summed E-state index contributed by atoms with van der Waals surface area (Å²) in [6.07, 6.45) is -0.00499. The number of ether oxygens (including phenoxy) is 1. The zero-order valence-electron chi connectivity index (χ0n) is 15.2. The standard InChI is InChI=1S/C18H23ClN4O4/c1-10-8-11(6-7-27-10)23-14(24)9-18(2,22-16(23)21-17(25)26)12-4-3-5-13(20)15(12)19/h3-5,10-11H,6-9,20H2,1-2H3,(H,21,22)(H,25,26)/t10-,11?,18+/m1/s1. The summed E-state index contributed by atoms with van der Waals surface area (Å²) in [6, 6.07) is 4.97. The molecule has 0 spiro atoms. The fraction of sp³-hybridized carbons (Fsp3) is 0.500. The van der Waals surface area contributed by atoms with Gasteiger partial charge in [0.1, 0.15) is 0 Å². The van der Waals surface area contributed by atoms with Crippen LogP contribution in [0.3, 0.4) is 0 Å². The summed E-state index contributed by atoms with van der Waals surface area (Å²) >= 11 is 6.35. The Morgan fingerprint density at radius 1 is 1.52 bits per heavy atom. The van der Waals surface area contributed by atoms with Gasteiger partial charge in [-0.05, 0) is 32.8 Å². The molecule has 27 heavy (non-hydrogen) atoms. The molecule has 9 heteroatoms. The van der Waals surface area contributed by atoms with Crippen LogP contribution in [0.15, 0.2) is 23.2 Å². The van der Waals surface area contributed by atoms with Crippen LogP contribution in [0.2, 0.25) is 5.02 Å². The molecule has 3 rings (SSSR count). The Hall–Kier alpha value is -2.32. The minimum atomic E-state index is -1.28. The summed E-state index contributed by atoms with van der Waals surface area (Å²) in [7, 11) is 0. The third-order valence-corrected chi connectivity index (χ3v) is 5.42. The second kappa shape index (κ2) is 7.36. The Kier molecular flexibility index (Phi) is 5.30. The van der Waals surface area contributed by atoms with Crippen molar-refractivity contribution in [1.82, 2.24) is 10.2 Å². The van der Waals surface area contributed by atoms with Crippen molar-refractivity contribution in [2.75, 3.05) is 12.3 Å². The summed E-state index contributed by atoms with van der Waals surface area (Å²) in [5.74, 6) is -0.201. The maximum Gasteiger partial charge on any atom is 0.411 e. The first-order valence-electron chi connectivity index (χ1n) is 8.79. The van der Waals surface area contributed by atoms with E-state index in [1.54, 1.807) is 25.1 Å². The topological polar surface area (TPSA) is 117 Å². The minimum Gasteiger partial charge on any atom is -0.465 e. The van der Waals surface area contributed by atoms with Gasteiger partial charge in [-0.15, -0.1) is 0 Å². The summed E-state index contributed by atoms with van der Waals surface area (Å²) in [4.78, 5) is 30.5. The summed E-state index contributed by atoms with van der Waals surface area (Å²) in [5, 5.41) is 11.9. The molecule has 0 bridgehead atoms. The number of guanidine groups is 1. The highest BCUT2D eigenvalue weighted by Gasteiger charge is 2.43. The third kappa shape index (κ3) is 3.86. The van der Waals surface area contributed by atoms with E-state index in [9.17, 15) is 14.7 Å². The summed E-state index contributed by atoms with van der Waals surface area (Å²) < 4.78 is 5.54. The molecule has 2 heterocycles. The van der Waals surface area contributed by atoms with Crippen molar-refractivity contribution < 1.29 is 19.4 Å². The molecule has 3 atom stereocenters. The van der Waals surface area contributed by atoms with E-state index in [2.05, 4.69) is 10.3 Å². The average Bonchev–Trinajstić information content (AvgIpc) is 2.56. The molecule has 0 saturated carbocycles. The molecule has 1 saturated heterocycles. The molecule has 4 N–H and O–H groups in total. The quantitative estimate of drug-likeness (QED) is 0.666. The number of nitrogens with zero attached hydrogens (tertiary/aromatic N) is 2. The molecule has 2 amide bonds. The zero-order chi connectivity index (χ0) is 19.8. The SMILES string of the molecule is C[C@@H]1CC(N2C(=O)C[C@@](C)(c3cccc(N)c3Cl)N=C2NC(=O)O)CCO1. The second-order valence-corrected chi connectivity index (χ2v) is 7.53. The number of carbonyl (C=O) groups excluding carboxylic acids is 1. The van der Waals surface area contributed by atoms with Gasteiger partial charge in [0.2, 0.25) is 11.9 Å². The highest BCUT2D eigenvalue weighted by molar-refractivity contribution is 6.34. The van der Waals surface area contributed by atoms with Crippen LogP contribution in [0.4, 0.5) is 10.5 Å². The molecule has 2 aliphatic rings. The summed E-state index contributed by atoms with van der Waals surface area (Å²) in [5.41, 5.74) is 5.84. The molecule has 0 aromatic heterocycles. The molecule has 0 radical (unpaired) electrons. The third-order valence-electron chi connectivity index (χ3n) is 5.00. The van der Waals surface area contributed by atoms with Crippen LogP contribution >= 0.6 is 11.6 Å². The number of benzene rings is 1. The maximum atomic E-state index is 13.1. The first kappa shape index (κ1) is 19.4. The number of nitrogens with one attached hydrogen (secondary N) is 1. The number of amides is 2. The van der Waals surface area contributed by atoms with Crippen LogP contribution in [0.1, 0.15) is 38.7 Å². The van der Waals surface area contributed by atoms with E-state index in [1.807, 2.05) is 6.92 Å². The number of nitrogen functional groups attached to an aromatic ring is 1. The van der Waals surface area contributed by atoms with Crippen LogP contribution in [-0.2, 0) is 15.1 Å². The van der Waals surface area contributed by atoms with Crippen molar-refractivity contribution in [2.24, 2.45) is 4.99 Å².